The Morgan fingerprint density at radius 1 is 1.23 bits per heavy atom. The van der Waals surface area contributed by atoms with Crippen molar-refractivity contribution in [3.8, 4) is 11.5 Å². The van der Waals surface area contributed by atoms with Gasteiger partial charge < -0.3 is 18.8 Å². The van der Waals surface area contributed by atoms with Gasteiger partial charge in [-0.05, 0) is 48.7 Å². The third-order valence-corrected chi connectivity index (χ3v) is 4.40. The quantitative estimate of drug-likeness (QED) is 0.339. The summed E-state index contributed by atoms with van der Waals surface area (Å²) in [5.74, 6) is 0.557. The van der Waals surface area contributed by atoms with Gasteiger partial charge in [-0.25, -0.2) is 4.98 Å². The number of nitrogens with zero attached hydrogens (tertiary/aromatic N) is 3. The Balaban J connectivity index is 1.78. The molecule has 26 heavy (non-hydrogen) atoms. The van der Waals surface area contributed by atoms with E-state index < -0.39 is 0 Å². The Bertz CT molecular complexity index is 1130. The van der Waals surface area contributed by atoms with E-state index in [9.17, 15) is 5.21 Å². The molecule has 0 bridgehead atoms. The maximum absolute atomic E-state index is 9.49. The van der Waals surface area contributed by atoms with Crippen LogP contribution in [0.15, 0.2) is 64.6 Å². The number of hydrogen-bond donors (Lipinski definition) is 1. The third-order valence-electron chi connectivity index (χ3n) is 4.40. The zero-order valence-electron chi connectivity index (χ0n) is 14.4. The van der Waals surface area contributed by atoms with Crippen LogP contribution in [0.4, 0.5) is 0 Å². The highest BCUT2D eigenvalue weighted by Crippen LogP contribution is 2.23. The van der Waals surface area contributed by atoms with Crippen molar-refractivity contribution in [1.29, 1.82) is 0 Å². The van der Waals surface area contributed by atoms with E-state index in [0.29, 0.717) is 29.0 Å². The first-order chi connectivity index (χ1) is 12.8. The van der Waals surface area contributed by atoms with Crippen molar-refractivity contribution in [3.63, 3.8) is 0 Å². The molecule has 6 nitrogen and oxygen atoms in total. The first-order valence-electron chi connectivity index (χ1n) is 8.45. The van der Waals surface area contributed by atoms with Gasteiger partial charge in [-0.2, -0.15) is 0 Å². The van der Waals surface area contributed by atoms with E-state index in [1.54, 1.807) is 19.5 Å². The summed E-state index contributed by atoms with van der Waals surface area (Å²) < 4.78 is 13.1. The molecule has 4 aromatic rings. The zero-order chi connectivity index (χ0) is 17.9. The highest BCUT2D eigenvalue weighted by atomic mass is 16.5. The normalized spacial score (nSPS) is 12.3. The Labute approximate surface area is 150 Å². The van der Waals surface area contributed by atoms with Crippen LogP contribution < -0.4 is 5.36 Å². The highest BCUT2D eigenvalue weighted by Gasteiger charge is 2.09. The van der Waals surface area contributed by atoms with Crippen LogP contribution >= 0.6 is 0 Å². The minimum absolute atomic E-state index is 0.465. The molecule has 3 aromatic heterocycles. The lowest BCUT2D eigenvalue weighted by molar-refractivity contribution is 0.195. The van der Waals surface area contributed by atoms with Crippen LogP contribution in [-0.2, 0) is 11.2 Å². The van der Waals surface area contributed by atoms with Gasteiger partial charge in [0.15, 0.2) is 5.76 Å². The van der Waals surface area contributed by atoms with Crippen molar-refractivity contribution < 1.29 is 14.4 Å². The van der Waals surface area contributed by atoms with Crippen LogP contribution in [0.2, 0.25) is 0 Å². The molecule has 0 radical (unpaired) electrons. The van der Waals surface area contributed by atoms with E-state index in [0.717, 1.165) is 29.3 Å². The number of hydrogen-bond acceptors (Lipinski definition) is 5. The topological polar surface area (TPSA) is 72.3 Å². The molecule has 3 heterocycles. The van der Waals surface area contributed by atoms with Crippen LogP contribution in [0.1, 0.15) is 12.0 Å². The molecule has 0 fully saturated rings. The molecule has 0 aliphatic heterocycles. The fraction of sp³-hybridized carbons (Fsp3) is 0.200. The van der Waals surface area contributed by atoms with Gasteiger partial charge in [0.1, 0.15) is 16.6 Å². The molecular weight excluding hydrogens is 330 g/mol. The SMILES string of the molecule is COCCCc1ccc2oc(-c3cc4cccn4cn3)c/c(=N\O)c2c1. The number of aryl methyl sites for hydroxylation is 1. The molecule has 1 aromatic carbocycles. The molecule has 0 aliphatic carbocycles. The second-order valence-electron chi connectivity index (χ2n) is 6.14. The maximum atomic E-state index is 9.49. The first kappa shape index (κ1) is 16.4. The van der Waals surface area contributed by atoms with Crippen LogP contribution in [0.25, 0.3) is 27.9 Å². The summed E-state index contributed by atoms with van der Waals surface area (Å²) in [5.41, 5.74) is 3.51. The predicted octanol–water partition coefficient (Wildman–Crippen LogP) is 3.62. The van der Waals surface area contributed by atoms with Gasteiger partial charge in [0.25, 0.3) is 0 Å². The minimum Gasteiger partial charge on any atom is -0.454 e. The predicted molar refractivity (Wildman–Crippen MR) is 97.9 cm³/mol. The van der Waals surface area contributed by atoms with Gasteiger partial charge >= 0.3 is 0 Å². The van der Waals surface area contributed by atoms with Crippen molar-refractivity contribution in [2.75, 3.05) is 13.7 Å². The van der Waals surface area contributed by atoms with Gasteiger partial charge in [0.2, 0.25) is 0 Å². The van der Waals surface area contributed by atoms with Gasteiger partial charge in [0.05, 0.1) is 6.33 Å². The standard InChI is InChI=1S/C20H19N3O3/c1-25-9-3-4-14-6-7-19-16(10-14)17(22-24)12-20(26-19)18-11-15-5-2-8-23(15)13-21-18/h2,5-8,10-13,24H,3-4,9H2,1H3/b22-17+. The molecule has 0 spiro atoms. The highest BCUT2D eigenvalue weighted by molar-refractivity contribution is 5.79. The monoisotopic (exact) mass is 349 g/mol. The second-order valence-corrected chi connectivity index (χ2v) is 6.14. The summed E-state index contributed by atoms with van der Waals surface area (Å²) in [7, 11) is 1.70. The average Bonchev–Trinajstić information content (AvgIpc) is 3.15. The van der Waals surface area contributed by atoms with E-state index in [-0.39, 0.29) is 0 Å². The number of benzene rings is 1. The minimum atomic E-state index is 0.465. The average molecular weight is 349 g/mol. The van der Waals surface area contributed by atoms with E-state index >= 15 is 0 Å². The number of aromatic nitrogens is 2. The van der Waals surface area contributed by atoms with Crippen molar-refractivity contribution in [3.05, 3.63) is 65.9 Å². The lowest BCUT2D eigenvalue weighted by atomic mass is 10.1. The van der Waals surface area contributed by atoms with E-state index in [4.69, 9.17) is 9.15 Å². The maximum Gasteiger partial charge on any atom is 0.155 e. The van der Waals surface area contributed by atoms with Crippen LogP contribution in [-0.4, -0.2) is 28.3 Å². The Kier molecular flexibility index (Phi) is 4.41. The molecule has 0 saturated heterocycles. The Morgan fingerprint density at radius 2 is 2.15 bits per heavy atom. The fourth-order valence-corrected chi connectivity index (χ4v) is 3.07. The van der Waals surface area contributed by atoms with Crippen LogP contribution in [0.3, 0.4) is 0 Å². The second kappa shape index (κ2) is 7.01. The largest absolute Gasteiger partial charge is 0.454 e. The summed E-state index contributed by atoms with van der Waals surface area (Å²) in [6, 6.07) is 13.5. The Morgan fingerprint density at radius 3 is 3.00 bits per heavy atom. The lowest BCUT2D eigenvalue weighted by Gasteiger charge is -2.07. The molecule has 6 heteroatoms. The fourth-order valence-electron chi connectivity index (χ4n) is 3.07. The molecule has 0 aliphatic rings. The number of rotatable bonds is 5. The number of fused-ring (bicyclic) bond motifs is 2. The molecule has 0 unspecified atom stereocenters. The summed E-state index contributed by atoms with van der Waals surface area (Å²) in [6.45, 7) is 0.715. The van der Waals surface area contributed by atoms with Gasteiger partial charge in [-0.3, -0.25) is 0 Å². The molecule has 132 valence electrons. The Hall–Kier alpha value is -3.12. The zero-order valence-corrected chi connectivity index (χ0v) is 14.4. The summed E-state index contributed by atoms with van der Waals surface area (Å²) in [4.78, 5) is 4.43. The molecule has 0 atom stereocenters. The van der Waals surface area contributed by atoms with E-state index in [1.165, 1.54) is 0 Å². The van der Waals surface area contributed by atoms with Gasteiger partial charge in [0, 0.05) is 36.9 Å². The molecule has 0 saturated carbocycles. The summed E-state index contributed by atoms with van der Waals surface area (Å²) in [5, 5.41) is 14.2. The van der Waals surface area contributed by atoms with Crippen molar-refractivity contribution in [1.82, 2.24) is 9.38 Å². The molecule has 4 rings (SSSR count). The lowest BCUT2D eigenvalue weighted by Crippen LogP contribution is -2.05. The first-order valence-corrected chi connectivity index (χ1v) is 8.45. The summed E-state index contributed by atoms with van der Waals surface area (Å²) in [6.07, 6.45) is 5.50. The van der Waals surface area contributed by atoms with Crippen LogP contribution in [0.5, 0.6) is 0 Å². The van der Waals surface area contributed by atoms with E-state index in [2.05, 4.69) is 10.1 Å². The summed E-state index contributed by atoms with van der Waals surface area (Å²) >= 11 is 0. The van der Waals surface area contributed by atoms with Crippen molar-refractivity contribution >= 4 is 16.5 Å². The van der Waals surface area contributed by atoms with Gasteiger partial charge in [-0.15, -0.1) is 0 Å². The van der Waals surface area contributed by atoms with Crippen molar-refractivity contribution in [2.24, 2.45) is 5.16 Å². The van der Waals surface area contributed by atoms with E-state index in [1.807, 2.05) is 47.0 Å². The number of methoxy groups -OCH3 is 1. The molecule has 0 amide bonds. The van der Waals surface area contributed by atoms with Gasteiger partial charge in [-0.1, -0.05) is 11.2 Å². The number of ether oxygens (including phenoxy) is 1. The third kappa shape index (κ3) is 3.07. The van der Waals surface area contributed by atoms with Crippen LogP contribution in [0, 0.1) is 0 Å². The van der Waals surface area contributed by atoms with Crippen molar-refractivity contribution in [2.45, 2.75) is 12.8 Å². The smallest absolute Gasteiger partial charge is 0.155 e. The molecule has 1 N–H and O–H groups in total. The molecular formula is C20H19N3O3.